The Balaban J connectivity index is 1.95. The molecule has 3 rings (SSSR count). The van der Waals surface area contributed by atoms with Crippen LogP contribution in [0, 0.1) is 10.1 Å². The quantitative estimate of drug-likeness (QED) is 0.329. The fourth-order valence-electron chi connectivity index (χ4n) is 2.35. The fraction of sp³-hybridized carbons (Fsp3) is 0.0556. The summed E-state index contributed by atoms with van der Waals surface area (Å²) in [5.41, 5.74) is 1.46. The van der Waals surface area contributed by atoms with E-state index in [1.165, 1.54) is 13.3 Å². The van der Waals surface area contributed by atoms with E-state index in [0.717, 1.165) is 4.47 Å². The first-order chi connectivity index (χ1) is 13.0. The third kappa shape index (κ3) is 4.26. The third-order valence-corrected chi connectivity index (χ3v) is 4.38. The van der Waals surface area contributed by atoms with E-state index in [4.69, 9.17) is 0 Å². The van der Waals surface area contributed by atoms with Gasteiger partial charge in [-0.3, -0.25) is 14.9 Å². The van der Waals surface area contributed by atoms with E-state index < -0.39 is 4.92 Å². The van der Waals surface area contributed by atoms with Crippen LogP contribution < -0.4 is 10.6 Å². The van der Waals surface area contributed by atoms with Gasteiger partial charge in [0.2, 0.25) is 11.6 Å². The molecule has 1 aromatic heterocycles. The van der Waals surface area contributed by atoms with E-state index in [1.807, 2.05) is 12.1 Å². The average molecular weight is 428 g/mol. The molecule has 9 heteroatoms. The monoisotopic (exact) mass is 427 g/mol. The molecule has 27 heavy (non-hydrogen) atoms. The summed E-state index contributed by atoms with van der Waals surface area (Å²) in [5, 5.41) is 17.5. The van der Waals surface area contributed by atoms with Crippen LogP contribution in [0.25, 0.3) is 0 Å². The van der Waals surface area contributed by atoms with Gasteiger partial charge in [0.25, 0.3) is 0 Å². The third-order valence-electron chi connectivity index (χ3n) is 3.69. The number of nitro groups is 1. The Bertz CT molecular complexity index is 1010. The van der Waals surface area contributed by atoms with E-state index >= 15 is 0 Å². The standard InChI is InChI=1S/C18H14BrN5O3/c1-11(25)12-6-8-13(9-7-12)22-17-16(24(26)27)18(21-10-20-17)23-15-5-3-2-4-14(15)19/h2-10H,1H3,(H2,20,21,22,23). The van der Waals surface area contributed by atoms with Gasteiger partial charge >= 0.3 is 5.69 Å². The number of hydrogen-bond donors (Lipinski definition) is 2. The number of rotatable bonds is 6. The summed E-state index contributed by atoms with van der Waals surface area (Å²) in [7, 11) is 0. The maximum atomic E-state index is 11.6. The molecule has 0 unspecified atom stereocenters. The normalized spacial score (nSPS) is 10.3. The van der Waals surface area contributed by atoms with Crippen LogP contribution in [0.5, 0.6) is 0 Å². The Morgan fingerprint density at radius 3 is 2.26 bits per heavy atom. The van der Waals surface area contributed by atoms with Crippen LogP contribution in [0.15, 0.2) is 59.3 Å². The molecule has 0 saturated heterocycles. The zero-order chi connectivity index (χ0) is 19.4. The van der Waals surface area contributed by atoms with E-state index in [1.54, 1.807) is 36.4 Å². The largest absolute Gasteiger partial charge is 0.353 e. The first-order valence-corrected chi connectivity index (χ1v) is 8.64. The fourth-order valence-corrected chi connectivity index (χ4v) is 2.73. The molecule has 136 valence electrons. The molecule has 0 saturated carbocycles. The van der Waals surface area contributed by atoms with E-state index in [9.17, 15) is 14.9 Å². The van der Waals surface area contributed by atoms with Crippen molar-refractivity contribution in [1.82, 2.24) is 9.97 Å². The number of para-hydroxylation sites is 1. The topological polar surface area (TPSA) is 110 Å². The van der Waals surface area contributed by atoms with Crippen LogP contribution in [0.2, 0.25) is 0 Å². The summed E-state index contributed by atoms with van der Waals surface area (Å²) in [6, 6.07) is 13.8. The van der Waals surface area contributed by atoms with Crippen molar-refractivity contribution in [3.05, 3.63) is 75.0 Å². The molecule has 1 heterocycles. The lowest BCUT2D eigenvalue weighted by molar-refractivity contribution is -0.383. The Kier molecular flexibility index (Phi) is 5.41. The van der Waals surface area contributed by atoms with Gasteiger partial charge in [-0.1, -0.05) is 12.1 Å². The highest BCUT2D eigenvalue weighted by atomic mass is 79.9. The number of hydrogen-bond acceptors (Lipinski definition) is 7. The average Bonchev–Trinajstić information content (AvgIpc) is 2.64. The lowest BCUT2D eigenvalue weighted by Crippen LogP contribution is -2.06. The Labute approximate surface area is 162 Å². The summed E-state index contributed by atoms with van der Waals surface area (Å²) in [6.07, 6.45) is 1.23. The van der Waals surface area contributed by atoms with E-state index in [0.29, 0.717) is 16.9 Å². The number of benzene rings is 2. The van der Waals surface area contributed by atoms with Crippen molar-refractivity contribution in [2.75, 3.05) is 10.6 Å². The number of Topliss-reactive ketones (excluding diaryl/α,β-unsaturated/α-hetero) is 1. The van der Waals surface area contributed by atoms with Crippen molar-refractivity contribution in [1.29, 1.82) is 0 Å². The summed E-state index contributed by atoms with van der Waals surface area (Å²) >= 11 is 3.39. The number of anilines is 4. The van der Waals surface area contributed by atoms with E-state index in [2.05, 4.69) is 36.5 Å². The lowest BCUT2D eigenvalue weighted by Gasteiger charge is -2.11. The Morgan fingerprint density at radius 1 is 1.04 bits per heavy atom. The highest BCUT2D eigenvalue weighted by molar-refractivity contribution is 9.10. The molecule has 2 N–H and O–H groups in total. The van der Waals surface area contributed by atoms with Gasteiger partial charge in [-0.2, -0.15) is 0 Å². The van der Waals surface area contributed by atoms with Gasteiger partial charge < -0.3 is 10.6 Å². The first-order valence-electron chi connectivity index (χ1n) is 7.84. The highest BCUT2D eigenvalue weighted by Crippen LogP contribution is 2.34. The van der Waals surface area contributed by atoms with Gasteiger partial charge in [-0.15, -0.1) is 0 Å². The van der Waals surface area contributed by atoms with Crippen molar-refractivity contribution in [2.24, 2.45) is 0 Å². The molecule has 0 amide bonds. The smallest absolute Gasteiger partial charge is 0.334 e. The molecule has 0 fully saturated rings. The SMILES string of the molecule is CC(=O)c1ccc(Nc2ncnc(Nc3ccccc3Br)c2[N+](=O)[O-])cc1. The van der Waals surface area contributed by atoms with Crippen molar-refractivity contribution < 1.29 is 9.72 Å². The molecule has 2 aromatic carbocycles. The van der Waals surface area contributed by atoms with Gasteiger partial charge in [0, 0.05) is 15.7 Å². The number of carbonyl (C=O) groups is 1. The molecule has 0 radical (unpaired) electrons. The van der Waals surface area contributed by atoms with Crippen molar-refractivity contribution in [3.63, 3.8) is 0 Å². The molecule has 0 aliphatic rings. The number of nitrogens with zero attached hydrogens (tertiary/aromatic N) is 3. The number of nitrogens with one attached hydrogen (secondary N) is 2. The zero-order valence-corrected chi connectivity index (χ0v) is 15.7. The predicted octanol–water partition coefficient (Wildman–Crippen LogP) is 4.84. The van der Waals surface area contributed by atoms with Gasteiger partial charge in [-0.05, 0) is 59.3 Å². The number of ketones is 1. The summed E-state index contributed by atoms with van der Waals surface area (Å²) in [6.45, 7) is 1.47. The number of aromatic nitrogens is 2. The Morgan fingerprint density at radius 2 is 1.67 bits per heavy atom. The minimum Gasteiger partial charge on any atom is -0.334 e. The second kappa shape index (κ2) is 7.92. The van der Waals surface area contributed by atoms with Crippen molar-refractivity contribution in [3.8, 4) is 0 Å². The van der Waals surface area contributed by atoms with Gasteiger partial charge in [0.05, 0.1) is 10.6 Å². The molecule has 0 aliphatic heterocycles. The molecule has 0 atom stereocenters. The molecule has 8 nitrogen and oxygen atoms in total. The van der Waals surface area contributed by atoms with Gasteiger partial charge in [0.15, 0.2) is 5.78 Å². The molecular weight excluding hydrogens is 414 g/mol. The highest BCUT2D eigenvalue weighted by Gasteiger charge is 2.23. The maximum absolute atomic E-state index is 11.6. The maximum Gasteiger partial charge on any atom is 0.353 e. The minimum absolute atomic E-state index is 0.0418. The van der Waals surface area contributed by atoms with Crippen LogP contribution in [-0.2, 0) is 0 Å². The first kappa shape index (κ1) is 18.5. The summed E-state index contributed by atoms with van der Waals surface area (Å²) in [4.78, 5) is 30.5. The number of halogens is 1. The number of carbonyl (C=O) groups excluding carboxylic acids is 1. The van der Waals surface area contributed by atoms with Crippen LogP contribution in [0.3, 0.4) is 0 Å². The van der Waals surface area contributed by atoms with Crippen LogP contribution in [0.4, 0.5) is 28.7 Å². The minimum atomic E-state index is -0.550. The molecule has 0 bridgehead atoms. The van der Waals surface area contributed by atoms with Gasteiger partial charge in [0.1, 0.15) is 6.33 Å². The summed E-state index contributed by atoms with van der Waals surface area (Å²) < 4.78 is 0.743. The van der Waals surface area contributed by atoms with Crippen LogP contribution in [0.1, 0.15) is 17.3 Å². The molecule has 0 aliphatic carbocycles. The van der Waals surface area contributed by atoms with Crippen molar-refractivity contribution >= 4 is 50.4 Å². The molecule has 0 spiro atoms. The second-order valence-electron chi connectivity index (χ2n) is 5.54. The Hall–Kier alpha value is -3.33. The second-order valence-corrected chi connectivity index (χ2v) is 6.39. The van der Waals surface area contributed by atoms with Crippen LogP contribution in [-0.4, -0.2) is 20.7 Å². The molecule has 3 aromatic rings. The van der Waals surface area contributed by atoms with Crippen LogP contribution >= 0.6 is 15.9 Å². The lowest BCUT2D eigenvalue weighted by atomic mass is 10.1. The predicted molar refractivity (Wildman–Crippen MR) is 106 cm³/mol. The van der Waals surface area contributed by atoms with Crippen molar-refractivity contribution in [2.45, 2.75) is 6.92 Å². The molecular formula is C18H14BrN5O3. The summed E-state index contributed by atoms with van der Waals surface area (Å²) in [5.74, 6) is 0.0411. The zero-order valence-electron chi connectivity index (χ0n) is 14.1. The van der Waals surface area contributed by atoms with E-state index in [-0.39, 0.29) is 23.1 Å². The van der Waals surface area contributed by atoms with Gasteiger partial charge in [-0.25, -0.2) is 9.97 Å².